The molecule has 4 heterocycles. The van der Waals surface area contributed by atoms with Gasteiger partial charge in [-0.05, 0) is 37.6 Å². The summed E-state index contributed by atoms with van der Waals surface area (Å²) in [6, 6.07) is 6.34. The first-order valence-electron chi connectivity index (χ1n) is 8.45. The van der Waals surface area contributed by atoms with Crippen LogP contribution in [0.25, 0.3) is 0 Å². The molecule has 6 nitrogen and oxygen atoms in total. The van der Waals surface area contributed by atoms with Gasteiger partial charge in [0.15, 0.2) is 0 Å². The number of hydrogen-bond donors (Lipinski definition) is 1. The second kappa shape index (κ2) is 6.86. The van der Waals surface area contributed by atoms with Gasteiger partial charge in [-0.3, -0.25) is 4.79 Å². The van der Waals surface area contributed by atoms with Crippen molar-refractivity contribution in [2.24, 2.45) is 0 Å². The number of carbonyl (C=O) groups excluding carboxylic acids is 1. The van der Waals surface area contributed by atoms with Crippen molar-refractivity contribution < 1.29 is 4.79 Å². The van der Waals surface area contributed by atoms with Crippen LogP contribution in [0.3, 0.4) is 0 Å². The third-order valence-electron chi connectivity index (χ3n) is 4.64. The van der Waals surface area contributed by atoms with Gasteiger partial charge < -0.3 is 15.1 Å². The molecular weight excluding hydrogens is 322 g/mol. The highest BCUT2D eigenvalue weighted by Gasteiger charge is 2.25. The maximum Gasteiger partial charge on any atom is 0.264 e. The molecule has 1 atom stereocenters. The molecule has 0 aromatic carbocycles. The number of nitrogens with zero attached hydrogens (tertiary/aromatic N) is 4. The standard InChI is InChI=1S/C17H21N5OS/c23-16(15-5-4-14(24-15)13-3-1-6-18-13)21-9-11-22(12-10-21)17-19-7-2-8-20-17/h2,4-5,7-8,13,18H,1,3,6,9-12H2. The van der Waals surface area contributed by atoms with Crippen molar-refractivity contribution in [3.05, 3.63) is 40.3 Å². The summed E-state index contributed by atoms with van der Waals surface area (Å²) in [5.74, 6) is 0.896. The molecule has 0 spiro atoms. The largest absolute Gasteiger partial charge is 0.337 e. The molecule has 2 saturated heterocycles. The van der Waals surface area contributed by atoms with Crippen LogP contribution < -0.4 is 10.2 Å². The summed E-state index contributed by atoms with van der Waals surface area (Å²) in [4.78, 5) is 27.5. The Hall–Kier alpha value is -1.99. The molecule has 24 heavy (non-hydrogen) atoms. The van der Waals surface area contributed by atoms with E-state index in [1.807, 2.05) is 17.0 Å². The summed E-state index contributed by atoms with van der Waals surface area (Å²) in [5.41, 5.74) is 0. The Morgan fingerprint density at radius 3 is 2.67 bits per heavy atom. The molecule has 2 fully saturated rings. The molecule has 0 saturated carbocycles. The molecular formula is C17H21N5OS. The van der Waals surface area contributed by atoms with E-state index in [1.165, 1.54) is 17.7 Å². The molecule has 2 aromatic heterocycles. The molecule has 7 heteroatoms. The SMILES string of the molecule is O=C(c1ccc(C2CCCN2)s1)N1CCN(c2ncccn2)CC1. The Kier molecular flexibility index (Phi) is 4.44. The number of nitrogens with one attached hydrogen (secondary N) is 1. The Balaban J connectivity index is 1.38. The van der Waals surface area contributed by atoms with Crippen LogP contribution in [-0.2, 0) is 0 Å². The van der Waals surface area contributed by atoms with E-state index in [4.69, 9.17) is 0 Å². The molecule has 1 N–H and O–H groups in total. The number of carbonyl (C=O) groups is 1. The molecule has 2 aromatic rings. The van der Waals surface area contributed by atoms with Crippen LogP contribution in [-0.4, -0.2) is 53.5 Å². The molecule has 0 aliphatic carbocycles. The van der Waals surface area contributed by atoms with Crippen molar-refractivity contribution in [1.82, 2.24) is 20.2 Å². The minimum absolute atomic E-state index is 0.151. The highest BCUT2D eigenvalue weighted by atomic mass is 32.1. The molecule has 0 bridgehead atoms. The van der Waals surface area contributed by atoms with Crippen molar-refractivity contribution in [2.75, 3.05) is 37.6 Å². The molecule has 2 aliphatic heterocycles. The third-order valence-corrected chi connectivity index (χ3v) is 5.83. The number of hydrogen-bond acceptors (Lipinski definition) is 6. The first kappa shape index (κ1) is 15.5. The number of anilines is 1. The van der Waals surface area contributed by atoms with E-state index in [1.54, 1.807) is 23.7 Å². The molecule has 1 unspecified atom stereocenters. The van der Waals surface area contributed by atoms with E-state index in [0.717, 1.165) is 30.5 Å². The zero-order chi connectivity index (χ0) is 16.4. The van der Waals surface area contributed by atoms with Crippen LogP contribution in [0, 0.1) is 0 Å². The maximum atomic E-state index is 12.7. The van der Waals surface area contributed by atoms with Crippen LogP contribution in [0.1, 0.15) is 33.4 Å². The van der Waals surface area contributed by atoms with Crippen LogP contribution in [0.5, 0.6) is 0 Å². The molecule has 0 radical (unpaired) electrons. The van der Waals surface area contributed by atoms with Gasteiger partial charge in [0.2, 0.25) is 5.95 Å². The van der Waals surface area contributed by atoms with Gasteiger partial charge in [-0.25, -0.2) is 9.97 Å². The summed E-state index contributed by atoms with van der Waals surface area (Å²) in [6.45, 7) is 4.06. The minimum atomic E-state index is 0.151. The Labute approximate surface area is 145 Å². The Morgan fingerprint density at radius 1 is 1.17 bits per heavy atom. The van der Waals surface area contributed by atoms with Gasteiger partial charge in [0.05, 0.1) is 4.88 Å². The number of thiophene rings is 1. The topological polar surface area (TPSA) is 61.4 Å². The zero-order valence-electron chi connectivity index (χ0n) is 13.5. The van der Waals surface area contributed by atoms with Crippen molar-refractivity contribution >= 4 is 23.2 Å². The van der Waals surface area contributed by atoms with Crippen LogP contribution in [0.2, 0.25) is 0 Å². The summed E-state index contributed by atoms with van der Waals surface area (Å²) >= 11 is 1.64. The zero-order valence-corrected chi connectivity index (χ0v) is 14.3. The van der Waals surface area contributed by atoms with E-state index in [-0.39, 0.29) is 5.91 Å². The van der Waals surface area contributed by atoms with Crippen molar-refractivity contribution in [3.8, 4) is 0 Å². The lowest BCUT2D eigenvalue weighted by atomic mass is 10.2. The maximum absolute atomic E-state index is 12.7. The smallest absolute Gasteiger partial charge is 0.264 e. The second-order valence-corrected chi connectivity index (χ2v) is 7.29. The van der Waals surface area contributed by atoms with Crippen LogP contribution in [0.4, 0.5) is 5.95 Å². The fourth-order valence-corrected chi connectivity index (χ4v) is 4.39. The molecule has 4 rings (SSSR count). The van der Waals surface area contributed by atoms with Crippen LogP contribution in [0.15, 0.2) is 30.6 Å². The average molecular weight is 343 g/mol. The lowest BCUT2D eigenvalue weighted by Gasteiger charge is -2.34. The number of aromatic nitrogens is 2. The highest BCUT2D eigenvalue weighted by molar-refractivity contribution is 7.14. The van der Waals surface area contributed by atoms with Crippen LogP contribution >= 0.6 is 11.3 Å². The van der Waals surface area contributed by atoms with Gasteiger partial charge in [0, 0.05) is 49.5 Å². The average Bonchev–Trinajstić information content (AvgIpc) is 3.33. The van der Waals surface area contributed by atoms with Gasteiger partial charge in [0.25, 0.3) is 5.91 Å². The van der Waals surface area contributed by atoms with E-state index in [9.17, 15) is 4.79 Å². The summed E-state index contributed by atoms with van der Waals surface area (Å²) in [6.07, 6.45) is 5.90. The van der Waals surface area contributed by atoms with Gasteiger partial charge in [0.1, 0.15) is 0 Å². The van der Waals surface area contributed by atoms with Crippen molar-refractivity contribution in [1.29, 1.82) is 0 Å². The van der Waals surface area contributed by atoms with Gasteiger partial charge in [-0.2, -0.15) is 0 Å². The fraction of sp³-hybridized carbons (Fsp3) is 0.471. The summed E-state index contributed by atoms with van der Waals surface area (Å²) < 4.78 is 0. The number of piperazine rings is 1. The lowest BCUT2D eigenvalue weighted by Crippen LogP contribution is -2.49. The van der Waals surface area contributed by atoms with E-state index in [0.29, 0.717) is 19.1 Å². The number of rotatable bonds is 3. The fourth-order valence-electron chi connectivity index (χ4n) is 3.30. The minimum Gasteiger partial charge on any atom is -0.337 e. The quantitative estimate of drug-likeness (QED) is 0.923. The monoisotopic (exact) mass is 343 g/mol. The normalized spacial score (nSPS) is 21.2. The summed E-state index contributed by atoms with van der Waals surface area (Å²) in [5, 5.41) is 3.49. The predicted molar refractivity (Wildman–Crippen MR) is 94.4 cm³/mol. The lowest BCUT2D eigenvalue weighted by molar-refractivity contribution is 0.0751. The van der Waals surface area contributed by atoms with Gasteiger partial charge in [-0.1, -0.05) is 0 Å². The van der Waals surface area contributed by atoms with E-state index in [2.05, 4.69) is 26.3 Å². The highest BCUT2D eigenvalue weighted by Crippen LogP contribution is 2.30. The van der Waals surface area contributed by atoms with Crippen molar-refractivity contribution in [2.45, 2.75) is 18.9 Å². The first-order chi connectivity index (χ1) is 11.8. The Bertz CT molecular complexity index is 690. The second-order valence-electron chi connectivity index (χ2n) is 6.18. The number of amides is 1. The third kappa shape index (κ3) is 3.14. The first-order valence-corrected chi connectivity index (χ1v) is 9.27. The van der Waals surface area contributed by atoms with Gasteiger partial charge in [-0.15, -0.1) is 11.3 Å². The van der Waals surface area contributed by atoms with E-state index >= 15 is 0 Å². The predicted octanol–water partition coefficient (Wildman–Crippen LogP) is 1.93. The molecule has 1 amide bonds. The Morgan fingerprint density at radius 2 is 1.96 bits per heavy atom. The van der Waals surface area contributed by atoms with Gasteiger partial charge >= 0.3 is 0 Å². The molecule has 126 valence electrons. The van der Waals surface area contributed by atoms with Crippen molar-refractivity contribution in [3.63, 3.8) is 0 Å². The van der Waals surface area contributed by atoms with E-state index < -0.39 is 0 Å². The molecule has 2 aliphatic rings. The summed E-state index contributed by atoms with van der Waals surface area (Å²) in [7, 11) is 0.